The Morgan fingerprint density at radius 2 is 2.00 bits per heavy atom. The number of carbonyl (C=O) groups is 2. The standard InChI is InChI=1S/C17H16N2O3/c1-11(12-5-3-2-4-6-12)18-17(21)13-7-8-15-14(9-13)19-16(20)10-22-15/h2-9,11H,10H2,1H3,(H,18,21)(H,19,20)/t11-/m0/s1. The SMILES string of the molecule is C[C@H](NC(=O)c1ccc2c(c1)NC(=O)CO2)c1ccccc1. The minimum Gasteiger partial charge on any atom is -0.482 e. The summed E-state index contributed by atoms with van der Waals surface area (Å²) >= 11 is 0. The second kappa shape index (κ2) is 5.89. The lowest BCUT2D eigenvalue weighted by atomic mass is 10.1. The molecule has 2 aromatic carbocycles. The van der Waals surface area contributed by atoms with Crippen molar-refractivity contribution in [1.29, 1.82) is 0 Å². The molecule has 0 spiro atoms. The maximum Gasteiger partial charge on any atom is 0.262 e. The Morgan fingerprint density at radius 1 is 1.23 bits per heavy atom. The van der Waals surface area contributed by atoms with Crippen LogP contribution in [0.3, 0.4) is 0 Å². The zero-order valence-corrected chi connectivity index (χ0v) is 12.1. The first-order chi connectivity index (χ1) is 10.6. The van der Waals surface area contributed by atoms with Crippen molar-refractivity contribution in [2.24, 2.45) is 0 Å². The molecule has 5 nitrogen and oxygen atoms in total. The maximum atomic E-state index is 12.3. The number of amides is 2. The van der Waals surface area contributed by atoms with Crippen LogP contribution in [-0.2, 0) is 4.79 Å². The number of hydrogen-bond donors (Lipinski definition) is 2. The summed E-state index contributed by atoms with van der Waals surface area (Å²) in [4.78, 5) is 23.7. The molecule has 0 bridgehead atoms. The van der Waals surface area contributed by atoms with Crippen LogP contribution < -0.4 is 15.4 Å². The van der Waals surface area contributed by atoms with Crippen molar-refractivity contribution in [3.05, 3.63) is 59.7 Å². The van der Waals surface area contributed by atoms with Crippen molar-refractivity contribution < 1.29 is 14.3 Å². The molecule has 0 saturated carbocycles. The number of ether oxygens (including phenoxy) is 1. The van der Waals surface area contributed by atoms with Gasteiger partial charge >= 0.3 is 0 Å². The number of benzene rings is 2. The topological polar surface area (TPSA) is 67.4 Å². The Labute approximate surface area is 128 Å². The van der Waals surface area contributed by atoms with E-state index in [1.807, 2.05) is 37.3 Å². The van der Waals surface area contributed by atoms with E-state index in [-0.39, 0.29) is 24.5 Å². The first kappa shape index (κ1) is 14.1. The number of anilines is 1. The van der Waals surface area contributed by atoms with E-state index >= 15 is 0 Å². The lowest BCUT2D eigenvalue weighted by Crippen LogP contribution is -2.28. The zero-order chi connectivity index (χ0) is 15.5. The molecule has 2 amide bonds. The predicted molar refractivity (Wildman–Crippen MR) is 82.9 cm³/mol. The van der Waals surface area contributed by atoms with Crippen LogP contribution in [-0.4, -0.2) is 18.4 Å². The number of nitrogens with one attached hydrogen (secondary N) is 2. The van der Waals surface area contributed by atoms with Gasteiger partial charge in [0.05, 0.1) is 11.7 Å². The first-order valence-electron chi connectivity index (χ1n) is 7.06. The summed E-state index contributed by atoms with van der Waals surface area (Å²) in [5.74, 6) is 0.161. The van der Waals surface area contributed by atoms with E-state index in [4.69, 9.17) is 4.74 Å². The van der Waals surface area contributed by atoms with E-state index in [1.165, 1.54) is 0 Å². The minimum absolute atomic E-state index is 0.00356. The number of hydrogen-bond acceptors (Lipinski definition) is 3. The molecule has 0 aliphatic carbocycles. The van der Waals surface area contributed by atoms with Crippen LogP contribution in [0.1, 0.15) is 28.9 Å². The predicted octanol–water partition coefficient (Wildman–Crippen LogP) is 2.51. The van der Waals surface area contributed by atoms with Crippen molar-refractivity contribution >= 4 is 17.5 Å². The van der Waals surface area contributed by atoms with Gasteiger partial charge in [0, 0.05) is 5.56 Å². The van der Waals surface area contributed by atoms with Crippen LogP contribution in [0.15, 0.2) is 48.5 Å². The zero-order valence-electron chi connectivity index (χ0n) is 12.1. The summed E-state index contributed by atoms with van der Waals surface area (Å²) in [5, 5.41) is 5.63. The molecular weight excluding hydrogens is 280 g/mol. The first-order valence-corrected chi connectivity index (χ1v) is 7.06. The van der Waals surface area contributed by atoms with Crippen molar-refractivity contribution in [3.8, 4) is 5.75 Å². The Balaban J connectivity index is 1.75. The number of fused-ring (bicyclic) bond motifs is 1. The Kier molecular flexibility index (Phi) is 3.78. The van der Waals surface area contributed by atoms with E-state index in [2.05, 4.69) is 10.6 Å². The van der Waals surface area contributed by atoms with E-state index in [1.54, 1.807) is 18.2 Å². The molecule has 22 heavy (non-hydrogen) atoms. The van der Waals surface area contributed by atoms with Gasteiger partial charge in [-0.1, -0.05) is 30.3 Å². The van der Waals surface area contributed by atoms with E-state index in [0.29, 0.717) is 17.0 Å². The van der Waals surface area contributed by atoms with E-state index in [0.717, 1.165) is 5.56 Å². The quantitative estimate of drug-likeness (QED) is 0.914. The maximum absolute atomic E-state index is 12.3. The summed E-state index contributed by atoms with van der Waals surface area (Å²) in [6, 6.07) is 14.6. The highest BCUT2D eigenvalue weighted by Gasteiger charge is 2.18. The Morgan fingerprint density at radius 3 is 2.77 bits per heavy atom. The molecule has 2 aromatic rings. The van der Waals surface area contributed by atoms with E-state index < -0.39 is 0 Å². The van der Waals surface area contributed by atoms with Gasteiger partial charge in [0.25, 0.3) is 11.8 Å². The van der Waals surface area contributed by atoms with Crippen LogP contribution >= 0.6 is 0 Å². The average Bonchev–Trinajstić information content (AvgIpc) is 2.54. The summed E-state index contributed by atoms with van der Waals surface area (Å²) in [5.41, 5.74) is 2.04. The largest absolute Gasteiger partial charge is 0.482 e. The third-order valence-electron chi connectivity index (χ3n) is 3.52. The average molecular weight is 296 g/mol. The molecule has 112 valence electrons. The third kappa shape index (κ3) is 2.93. The third-order valence-corrected chi connectivity index (χ3v) is 3.52. The molecule has 0 radical (unpaired) electrons. The molecule has 1 aliphatic rings. The smallest absolute Gasteiger partial charge is 0.262 e. The van der Waals surface area contributed by atoms with Crippen LogP contribution in [0.5, 0.6) is 5.75 Å². The van der Waals surface area contributed by atoms with E-state index in [9.17, 15) is 9.59 Å². The molecule has 5 heteroatoms. The van der Waals surface area contributed by atoms with Gasteiger partial charge in [0.2, 0.25) is 0 Å². The molecule has 3 rings (SSSR count). The monoisotopic (exact) mass is 296 g/mol. The lowest BCUT2D eigenvalue weighted by Gasteiger charge is -2.19. The highest BCUT2D eigenvalue weighted by atomic mass is 16.5. The molecule has 0 unspecified atom stereocenters. The van der Waals surface area contributed by atoms with Gasteiger partial charge in [-0.3, -0.25) is 9.59 Å². The summed E-state index contributed by atoms with van der Waals surface area (Å²) in [7, 11) is 0. The number of carbonyl (C=O) groups excluding carboxylic acids is 2. The summed E-state index contributed by atoms with van der Waals surface area (Å²) < 4.78 is 5.28. The second-order valence-corrected chi connectivity index (χ2v) is 5.15. The summed E-state index contributed by atoms with van der Waals surface area (Å²) in [6.45, 7) is 1.93. The highest BCUT2D eigenvalue weighted by molar-refractivity contribution is 5.99. The minimum atomic E-state index is -0.220. The Bertz CT molecular complexity index is 713. The molecule has 1 heterocycles. The van der Waals surface area contributed by atoms with Crippen LogP contribution in [0.25, 0.3) is 0 Å². The molecule has 1 atom stereocenters. The number of rotatable bonds is 3. The van der Waals surface area contributed by atoms with Gasteiger partial charge in [0.15, 0.2) is 6.61 Å². The van der Waals surface area contributed by atoms with Gasteiger partial charge < -0.3 is 15.4 Å². The molecule has 0 saturated heterocycles. The van der Waals surface area contributed by atoms with Crippen molar-refractivity contribution in [2.75, 3.05) is 11.9 Å². The molecule has 1 aliphatic heterocycles. The fourth-order valence-corrected chi connectivity index (χ4v) is 2.33. The molecular formula is C17H16N2O3. The van der Waals surface area contributed by atoms with Crippen LogP contribution in [0, 0.1) is 0 Å². The summed E-state index contributed by atoms with van der Waals surface area (Å²) in [6.07, 6.45) is 0. The molecule has 0 aromatic heterocycles. The van der Waals surface area contributed by atoms with Gasteiger partial charge in [-0.15, -0.1) is 0 Å². The molecule has 0 fully saturated rings. The van der Waals surface area contributed by atoms with Crippen LogP contribution in [0.4, 0.5) is 5.69 Å². The van der Waals surface area contributed by atoms with Gasteiger partial charge in [-0.25, -0.2) is 0 Å². The van der Waals surface area contributed by atoms with Gasteiger partial charge in [-0.2, -0.15) is 0 Å². The molecule has 2 N–H and O–H groups in total. The highest BCUT2D eigenvalue weighted by Crippen LogP contribution is 2.28. The van der Waals surface area contributed by atoms with Gasteiger partial charge in [-0.05, 0) is 30.7 Å². The lowest BCUT2D eigenvalue weighted by molar-refractivity contribution is -0.118. The second-order valence-electron chi connectivity index (χ2n) is 5.15. The van der Waals surface area contributed by atoms with Crippen molar-refractivity contribution in [3.63, 3.8) is 0 Å². The Hall–Kier alpha value is -2.82. The normalized spacial score (nSPS) is 14.3. The van der Waals surface area contributed by atoms with Crippen molar-refractivity contribution in [1.82, 2.24) is 5.32 Å². The van der Waals surface area contributed by atoms with Crippen LogP contribution in [0.2, 0.25) is 0 Å². The van der Waals surface area contributed by atoms with Crippen molar-refractivity contribution in [2.45, 2.75) is 13.0 Å². The van der Waals surface area contributed by atoms with Gasteiger partial charge in [0.1, 0.15) is 5.75 Å². The fourth-order valence-electron chi connectivity index (χ4n) is 2.33. The fraction of sp³-hybridized carbons (Fsp3) is 0.176.